The summed E-state index contributed by atoms with van der Waals surface area (Å²) < 4.78 is 32.1. The minimum Gasteiger partial charge on any atom is -0.496 e. The first-order valence-corrected chi connectivity index (χ1v) is 12.7. The Labute approximate surface area is 193 Å². The van der Waals surface area contributed by atoms with Gasteiger partial charge in [0, 0.05) is 0 Å². The van der Waals surface area contributed by atoms with Gasteiger partial charge in [0.25, 0.3) is 0 Å². The summed E-state index contributed by atoms with van der Waals surface area (Å²) in [5.74, 6) is 0.729. The molecular formula is C25H36N2O4S. The molecule has 1 N–H and O–H groups in total. The lowest BCUT2D eigenvalue weighted by Crippen LogP contribution is -2.48. The van der Waals surface area contributed by atoms with Crippen molar-refractivity contribution in [2.75, 3.05) is 17.7 Å². The van der Waals surface area contributed by atoms with E-state index in [1.54, 1.807) is 20.1 Å². The number of methoxy groups -OCH3 is 1. The minimum absolute atomic E-state index is 0.260. The average molecular weight is 461 g/mol. The van der Waals surface area contributed by atoms with Crippen LogP contribution in [0.1, 0.15) is 67.5 Å². The molecule has 0 unspecified atom stereocenters. The fraction of sp³-hybridized carbons (Fsp3) is 0.480. The lowest BCUT2D eigenvalue weighted by atomic mass is 9.93. The van der Waals surface area contributed by atoms with E-state index in [2.05, 4.69) is 25.2 Å². The number of carbonyl (C=O) groups excluding carboxylic acids is 1. The van der Waals surface area contributed by atoms with Gasteiger partial charge in [-0.3, -0.25) is 9.10 Å². The molecule has 2 aromatic rings. The summed E-state index contributed by atoms with van der Waals surface area (Å²) >= 11 is 0. The van der Waals surface area contributed by atoms with E-state index >= 15 is 0 Å². The molecule has 0 aliphatic carbocycles. The number of amides is 1. The Balaban J connectivity index is 2.38. The molecule has 0 saturated heterocycles. The molecule has 0 aromatic heterocycles. The van der Waals surface area contributed by atoms with E-state index in [1.165, 1.54) is 4.31 Å². The van der Waals surface area contributed by atoms with Gasteiger partial charge in [-0.25, -0.2) is 8.42 Å². The Morgan fingerprint density at radius 1 is 0.969 bits per heavy atom. The van der Waals surface area contributed by atoms with Gasteiger partial charge in [-0.1, -0.05) is 26.0 Å². The Bertz CT molecular complexity index is 1090. The topological polar surface area (TPSA) is 75.7 Å². The van der Waals surface area contributed by atoms with Crippen molar-refractivity contribution >= 4 is 21.6 Å². The van der Waals surface area contributed by atoms with E-state index in [4.69, 9.17) is 4.74 Å². The standard InChI is InChI=1S/C25H36N2O4S/c1-15(2)21-14-22(18(5)13-24(21)31-8)19(6)26-25(28)20(7)27(32(9,29)30)23-12-16(3)10-11-17(23)4/h10-15,19-20H,1-9H3,(H,26,28)/t19-,20-/m0/s1. The van der Waals surface area contributed by atoms with Crippen molar-refractivity contribution in [1.29, 1.82) is 0 Å². The zero-order chi connectivity index (χ0) is 24.4. The monoisotopic (exact) mass is 460 g/mol. The molecule has 7 heteroatoms. The fourth-order valence-corrected chi connectivity index (χ4v) is 5.18. The maximum absolute atomic E-state index is 13.2. The molecule has 0 bridgehead atoms. The molecule has 2 aromatic carbocycles. The predicted molar refractivity (Wildman–Crippen MR) is 131 cm³/mol. The smallest absolute Gasteiger partial charge is 0.244 e. The highest BCUT2D eigenvalue weighted by Gasteiger charge is 2.31. The van der Waals surface area contributed by atoms with E-state index in [0.717, 1.165) is 39.8 Å². The molecule has 0 saturated carbocycles. The quantitative estimate of drug-likeness (QED) is 0.615. The molecule has 1 amide bonds. The van der Waals surface area contributed by atoms with Crippen LogP contribution < -0.4 is 14.4 Å². The van der Waals surface area contributed by atoms with Gasteiger partial charge in [-0.05, 0) is 86.6 Å². The van der Waals surface area contributed by atoms with Gasteiger partial charge in [0.05, 0.1) is 25.1 Å². The van der Waals surface area contributed by atoms with Crippen LogP contribution in [0.4, 0.5) is 5.69 Å². The number of anilines is 1. The number of benzene rings is 2. The number of sulfonamides is 1. The van der Waals surface area contributed by atoms with Crippen molar-refractivity contribution in [2.24, 2.45) is 0 Å². The number of rotatable bonds is 8. The van der Waals surface area contributed by atoms with E-state index in [-0.39, 0.29) is 17.9 Å². The largest absolute Gasteiger partial charge is 0.496 e. The number of aryl methyl sites for hydroxylation is 3. The predicted octanol–water partition coefficient (Wildman–Crippen LogP) is 4.78. The molecule has 2 rings (SSSR count). The molecule has 2 atom stereocenters. The minimum atomic E-state index is -3.68. The molecule has 0 radical (unpaired) electrons. The van der Waals surface area contributed by atoms with Crippen LogP contribution in [0, 0.1) is 20.8 Å². The van der Waals surface area contributed by atoms with Gasteiger partial charge < -0.3 is 10.1 Å². The van der Waals surface area contributed by atoms with Crippen molar-refractivity contribution in [2.45, 2.75) is 66.5 Å². The molecule has 0 aliphatic rings. The Morgan fingerprint density at radius 2 is 1.59 bits per heavy atom. The zero-order valence-corrected chi connectivity index (χ0v) is 21.4. The first kappa shape index (κ1) is 25.7. The second kappa shape index (κ2) is 9.94. The van der Waals surface area contributed by atoms with Crippen LogP contribution in [0.3, 0.4) is 0 Å². The van der Waals surface area contributed by atoms with Gasteiger partial charge in [-0.2, -0.15) is 0 Å². The fourth-order valence-electron chi connectivity index (χ4n) is 3.96. The number of nitrogens with zero attached hydrogens (tertiary/aromatic N) is 1. The molecule has 6 nitrogen and oxygen atoms in total. The summed E-state index contributed by atoms with van der Waals surface area (Å²) in [6, 6.07) is 8.43. The van der Waals surface area contributed by atoms with E-state index in [0.29, 0.717) is 5.69 Å². The van der Waals surface area contributed by atoms with E-state index in [9.17, 15) is 13.2 Å². The summed E-state index contributed by atoms with van der Waals surface area (Å²) in [4.78, 5) is 13.2. The summed E-state index contributed by atoms with van der Waals surface area (Å²) in [6.07, 6.45) is 1.13. The maximum Gasteiger partial charge on any atom is 0.244 e. The summed E-state index contributed by atoms with van der Waals surface area (Å²) in [6.45, 7) is 13.4. The third-order valence-corrected chi connectivity index (χ3v) is 6.98. The van der Waals surface area contributed by atoms with Crippen molar-refractivity contribution in [1.82, 2.24) is 5.32 Å². The van der Waals surface area contributed by atoms with Crippen molar-refractivity contribution in [3.05, 3.63) is 58.1 Å². The number of carbonyl (C=O) groups is 1. The summed E-state index contributed by atoms with van der Waals surface area (Å²) in [5.41, 5.74) is 5.28. The highest BCUT2D eigenvalue weighted by molar-refractivity contribution is 7.92. The third kappa shape index (κ3) is 5.63. The van der Waals surface area contributed by atoms with Gasteiger partial charge in [0.1, 0.15) is 11.8 Å². The van der Waals surface area contributed by atoms with Crippen LogP contribution in [0.2, 0.25) is 0 Å². The van der Waals surface area contributed by atoms with Crippen LogP contribution in [0.15, 0.2) is 30.3 Å². The lowest BCUT2D eigenvalue weighted by Gasteiger charge is -2.31. The van der Waals surface area contributed by atoms with Crippen molar-refractivity contribution in [3.8, 4) is 5.75 Å². The Hall–Kier alpha value is -2.54. The van der Waals surface area contributed by atoms with Gasteiger partial charge in [0.2, 0.25) is 15.9 Å². The molecule has 32 heavy (non-hydrogen) atoms. The second-order valence-electron chi connectivity index (χ2n) is 8.86. The van der Waals surface area contributed by atoms with Gasteiger partial charge in [-0.15, -0.1) is 0 Å². The third-order valence-electron chi connectivity index (χ3n) is 5.76. The molecule has 0 heterocycles. The summed E-state index contributed by atoms with van der Waals surface area (Å²) in [7, 11) is -2.03. The van der Waals surface area contributed by atoms with Crippen LogP contribution in [-0.2, 0) is 14.8 Å². The van der Waals surface area contributed by atoms with Crippen molar-refractivity contribution < 1.29 is 17.9 Å². The number of nitrogens with one attached hydrogen (secondary N) is 1. The number of ether oxygens (including phenoxy) is 1. The zero-order valence-electron chi connectivity index (χ0n) is 20.6. The second-order valence-corrected chi connectivity index (χ2v) is 10.7. The van der Waals surface area contributed by atoms with Crippen LogP contribution in [-0.4, -0.2) is 33.7 Å². The molecule has 176 valence electrons. The Morgan fingerprint density at radius 3 is 2.12 bits per heavy atom. The van der Waals surface area contributed by atoms with Crippen LogP contribution in [0.5, 0.6) is 5.75 Å². The van der Waals surface area contributed by atoms with Crippen molar-refractivity contribution in [3.63, 3.8) is 0 Å². The normalized spacial score (nSPS) is 13.6. The lowest BCUT2D eigenvalue weighted by molar-refractivity contribution is -0.122. The number of hydrogen-bond acceptors (Lipinski definition) is 4. The molecule has 0 aliphatic heterocycles. The maximum atomic E-state index is 13.2. The van der Waals surface area contributed by atoms with Crippen LogP contribution in [0.25, 0.3) is 0 Å². The average Bonchev–Trinajstić information content (AvgIpc) is 2.68. The highest BCUT2D eigenvalue weighted by Crippen LogP contribution is 2.32. The SMILES string of the molecule is COc1cc(C)c([C@H](C)NC(=O)[C@H](C)N(c2cc(C)ccc2C)S(C)(=O)=O)cc1C(C)C. The van der Waals surface area contributed by atoms with Gasteiger partial charge >= 0.3 is 0 Å². The first-order chi connectivity index (χ1) is 14.8. The van der Waals surface area contributed by atoms with E-state index < -0.39 is 16.1 Å². The first-order valence-electron chi connectivity index (χ1n) is 10.8. The van der Waals surface area contributed by atoms with Gasteiger partial charge in [0.15, 0.2) is 0 Å². The highest BCUT2D eigenvalue weighted by atomic mass is 32.2. The van der Waals surface area contributed by atoms with E-state index in [1.807, 2.05) is 45.9 Å². The van der Waals surface area contributed by atoms with Crippen LogP contribution >= 0.6 is 0 Å². The summed E-state index contributed by atoms with van der Waals surface area (Å²) in [5, 5.41) is 3.01. The molecule has 0 fully saturated rings. The molecular weight excluding hydrogens is 424 g/mol. The Kier molecular flexibility index (Phi) is 7.99. The molecule has 0 spiro atoms. The number of hydrogen-bond donors (Lipinski definition) is 1.